The van der Waals surface area contributed by atoms with Gasteiger partial charge in [0, 0.05) is 0 Å². The number of fused-ring (bicyclic) bond motifs is 1. The zero-order valence-electron chi connectivity index (χ0n) is 11.1. The van der Waals surface area contributed by atoms with E-state index in [0.717, 1.165) is 17.1 Å². The molecule has 21 heavy (non-hydrogen) atoms. The maximum absolute atomic E-state index is 11.0. The largest absolute Gasteiger partial charge is 0.457 e. The lowest BCUT2D eigenvalue weighted by atomic mass is 10.1. The lowest BCUT2D eigenvalue weighted by Gasteiger charge is -2.08. The highest BCUT2D eigenvalue weighted by Crippen LogP contribution is 2.27. The summed E-state index contributed by atoms with van der Waals surface area (Å²) < 4.78 is 5.77. The summed E-state index contributed by atoms with van der Waals surface area (Å²) in [5.41, 5.74) is 1.14. The second kappa shape index (κ2) is 5.48. The molecule has 3 heteroatoms. The number of carbonyl (C=O) groups excluding carboxylic acids is 1. The van der Waals surface area contributed by atoms with Gasteiger partial charge in [0.1, 0.15) is 11.5 Å². The van der Waals surface area contributed by atoms with Crippen LogP contribution in [0.25, 0.3) is 10.8 Å². The van der Waals surface area contributed by atoms with Gasteiger partial charge in [-0.05, 0) is 47.2 Å². The van der Waals surface area contributed by atoms with Crippen molar-refractivity contribution in [3.8, 4) is 17.6 Å². The molecule has 0 amide bonds. The molecule has 3 rings (SSSR count). The molecule has 0 aromatic heterocycles. The van der Waals surface area contributed by atoms with E-state index >= 15 is 0 Å². The predicted octanol–water partition coefficient (Wildman–Crippen LogP) is 4.32. The SMILES string of the molecule is N#Cc1ccc2cc(Oc3ccccc3C=O)ccc2c1. The van der Waals surface area contributed by atoms with Crippen molar-refractivity contribution in [1.82, 2.24) is 0 Å². The van der Waals surface area contributed by atoms with E-state index < -0.39 is 0 Å². The van der Waals surface area contributed by atoms with E-state index in [1.807, 2.05) is 36.4 Å². The van der Waals surface area contributed by atoms with Gasteiger partial charge in [0.15, 0.2) is 6.29 Å². The summed E-state index contributed by atoms with van der Waals surface area (Å²) in [5.74, 6) is 1.18. The highest BCUT2D eigenvalue weighted by atomic mass is 16.5. The van der Waals surface area contributed by atoms with E-state index in [4.69, 9.17) is 10.00 Å². The molecular weight excluding hydrogens is 262 g/mol. The van der Waals surface area contributed by atoms with Crippen molar-refractivity contribution in [1.29, 1.82) is 5.26 Å². The van der Waals surface area contributed by atoms with Crippen LogP contribution < -0.4 is 4.74 Å². The number of benzene rings is 3. The van der Waals surface area contributed by atoms with E-state index in [9.17, 15) is 4.79 Å². The lowest BCUT2D eigenvalue weighted by Crippen LogP contribution is -1.90. The predicted molar refractivity (Wildman–Crippen MR) is 80.6 cm³/mol. The van der Waals surface area contributed by atoms with Gasteiger partial charge in [-0.3, -0.25) is 4.79 Å². The first-order valence-electron chi connectivity index (χ1n) is 6.46. The number of aldehydes is 1. The monoisotopic (exact) mass is 273 g/mol. The molecule has 3 aromatic rings. The molecule has 100 valence electrons. The van der Waals surface area contributed by atoms with Crippen molar-refractivity contribution >= 4 is 17.1 Å². The molecule has 0 heterocycles. The molecule has 0 aliphatic rings. The number of nitriles is 1. The van der Waals surface area contributed by atoms with E-state index in [-0.39, 0.29) is 0 Å². The molecule has 0 bridgehead atoms. The Kier molecular flexibility index (Phi) is 3.36. The molecule has 0 saturated carbocycles. The highest BCUT2D eigenvalue weighted by molar-refractivity contribution is 5.85. The van der Waals surface area contributed by atoms with Gasteiger partial charge in [0.05, 0.1) is 17.2 Å². The molecule has 0 atom stereocenters. The number of hydrogen-bond acceptors (Lipinski definition) is 3. The summed E-state index contributed by atoms with van der Waals surface area (Å²) in [4.78, 5) is 11.0. The number of rotatable bonds is 3. The Morgan fingerprint density at radius 1 is 0.952 bits per heavy atom. The molecule has 3 nitrogen and oxygen atoms in total. The maximum Gasteiger partial charge on any atom is 0.153 e. The summed E-state index contributed by atoms with van der Waals surface area (Å²) in [6, 6.07) is 20.3. The van der Waals surface area contributed by atoms with Gasteiger partial charge in [-0.1, -0.05) is 24.3 Å². The quantitative estimate of drug-likeness (QED) is 0.668. The number of hydrogen-bond donors (Lipinski definition) is 0. The number of carbonyl (C=O) groups is 1. The average molecular weight is 273 g/mol. The van der Waals surface area contributed by atoms with Crippen LogP contribution in [0.3, 0.4) is 0 Å². The lowest BCUT2D eigenvalue weighted by molar-refractivity contribution is 0.112. The Labute approximate surface area is 122 Å². The zero-order valence-corrected chi connectivity index (χ0v) is 11.1. The molecule has 0 unspecified atom stereocenters. The van der Waals surface area contributed by atoms with E-state index in [2.05, 4.69) is 6.07 Å². The van der Waals surface area contributed by atoms with Gasteiger partial charge in [0.2, 0.25) is 0 Å². The molecule has 0 aliphatic carbocycles. The first-order valence-corrected chi connectivity index (χ1v) is 6.46. The third-order valence-electron chi connectivity index (χ3n) is 3.21. The Morgan fingerprint density at radius 3 is 2.52 bits per heavy atom. The third-order valence-corrected chi connectivity index (χ3v) is 3.21. The molecular formula is C18H11NO2. The van der Waals surface area contributed by atoms with Crippen LogP contribution in [0, 0.1) is 11.3 Å². The number of nitrogens with zero attached hydrogens (tertiary/aromatic N) is 1. The minimum atomic E-state index is 0.512. The topological polar surface area (TPSA) is 50.1 Å². The summed E-state index contributed by atoms with van der Waals surface area (Å²) in [7, 11) is 0. The van der Waals surface area contributed by atoms with Crippen LogP contribution in [0.15, 0.2) is 60.7 Å². The second-order valence-corrected chi connectivity index (χ2v) is 4.59. The number of ether oxygens (including phenoxy) is 1. The van der Waals surface area contributed by atoms with Crippen LogP contribution in [-0.2, 0) is 0 Å². The number of para-hydroxylation sites is 1. The van der Waals surface area contributed by atoms with Crippen molar-refractivity contribution in [2.45, 2.75) is 0 Å². The minimum Gasteiger partial charge on any atom is -0.457 e. The van der Waals surface area contributed by atoms with Crippen LogP contribution in [0.1, 0.15) is 15.9 Å². The van der Waals surface area contributed by atoms with E-state index in [1.54, 1.807) is 24.3 Å². The Morgan fingerprint density at radius 2 is 1.71 bits per heavy atom. The normalized spacial score (nSPS) is 10.0. The molecule has 3 aromatic carbocycles. The fraction of sp³-hybridized carbons (Fsp3) is 0. The first-order chi connectivity index (χ1) is 10.3. The minimum absolute atomic E-state index is 0.512. The van der Waals surface area contributed by atoms with E-state index in [0.29, 0.717) is 22.6 Å². The van der Waals surface area contributed by atoms with Crippen LogP contribution in [-0.4, -0.2) is 6.29 Å². The van der Waals surface area contributed by atoms with Gasteiger partial charge in [-0.2, -0.15) is 5.26 Å². The van der Waals surface area contributed by atoms with Crippen molar-refractivity contribution in [2.24, 2.45) is 0 Å². The Hall–Kier alpha value is -3.12. The first kappa shape index (κ1) is 12.9. The summed E-state index contributed by atoms with van der Waals surface area (Å²) in [6.07, 6.45) is 0.773. The van der Waals surface area contributed by atoms with E-state index in [1.165, 1.54) is 0 Å². The molecule has 0 aliphatic heterocycles. The van der Waals surface area contributed by atoms with Crippen molar-refractivity contribution in [3.05, 3.63) is 71.8 Å². The van der Waals surface area contributed by atoms with Crippen molar-refractivity contribution in [2.75, 3.05) is 0 Å². The van der Waals surface area contributed by atoms with Crippen LogP contribution in [0.2, 0.25) is 0 Å². The third kappa shape index (κ3) is 2.60. The zero-order chi connectivity index (χ0) is 14.7. The molecule has 0 fully saturated rings. The fourth-order valence-corrected chi connectivity index (χ4v) is 2.15. The average Bonchev–Trinajstić information content (AvgIpc) is 2.55. The standard InChI is InChI=1S/C18H11NO2/c19-11-13-5-6-15-10-17(8-7-14(15)9-13)21-18-4-2-1-3-16(18)12-20/h1-10,12H. The van der Waals surface area contributed by atoms with Crippen LogP contribution >= 0.6 is 0 Å². The van der Waals surface area contributed by atoms with Gasteiger partial charge in [-0.25, -0.2) is 0 Å². The maximum atomic E-state index is 11.0. The fourth-order valence-electron chi connectivity index (χ4n) is 2.15. The highest BCUT2D eigenvalue weighted by Gasteiger charge is 2.04. The second-order valence-electron chi connectivity index (χ2n) is 4.59. The van der Waals surface area contributed by atoms with Crippen LogP contribution in [0.4, 0.5) is 0 Å². The molecule has 0 saturated heterocycles. The van der Waals surface area contributed by atoms with Crippen molar-refractivity contribution in [3.63, 3.8) is 0 Å². The summed E-state index contributed by atoms with van der Waals surface area (Å²) in [5, 5.41) is 10.9. The molecule has 0 N–H and O–H groups in total. The summed E-state index contributed by atoms with van der Waals surface area (Å²) in [6.45, 7) is 0. The van der Waals surface area contributed by atoms with Gasteiger partial charge in [0.25, 0.3) is 0 Å². The van der Waals surface area contributed by atoms with Gasteiger partial charge in [-0.15, -0.1) is 0 Å². The van der Waals surface area contributed by atoms with Gasteiger partial charge < -0.3 is 4.74 Å². The Balaban J connectivity index is 1.98. The Bertz CT molecular complexity index is 862. The summed E-state index contributed by atoms with van der Waals surface area (Å²) >= 11 is 0. The van der Waals surface area contributed by atoms with Gasteiger partial charge >= 0.3 is 0 Å². The van der Waals surface area contributed by atoms with Crippen molar-refractivity contribution < 1.29 is 9.53 Å². The molecule has 0 radical (unpaired) electrons. The molecule has 0 spiro atoms. The van der Waals surface area contributed by atoms with Crippen LogP contribution in [0.5, 0.6) is 11.5 Å². The smallest absolute Gasteiger partial charge is 0.153 e.